The van der Waals surface area contributed by atoms with E-state index in [1.807, 2.05) is 12.1 Å². The monoisotopic (exact) mass is 415 g/mol. The van der Waals surface area contributed by atoms with Crippen LogP contribution in [0.4, 0.5) is 0 Å². The molecule has 1 saturated heterocycles. The van der Waals surface area contributed by atoms with Gasteiger partial charge in [0, 0.05) is 12.0 Å². The number of hydrogen-bond donors (Lipinski definition) is 1. The standard InChI is InChI=1S/C26H41NO3/c1-3-5-7-9-10-12-14-21(13-11-8-6-4-2)22-15-17-23(18-16-22)25(28)27-24-19-20-30-26(24)29/h15-18,21,24H,3-14,19-20H2,1-2H3,(H,27,28)/t21?,24-/m0/s1. The molecule has 1 amide bonds. The lowest BCUT2D eigenvalue weighted by Crippen LogP contribution is -2.37. The number of carbonyl (C=O) groups is 2. The van der Waals surface area contributed by atoms with Gasteiger partial charge in [0.2, 0.25) is 0 Å². The molecule has 0 aliphatic carbocycles. The zero-order chi connectivity index (χ0) is 21.6. The van der Waals surface area contributed by atoms with Crippen LogP contribution < -0.4 is 5.32 Å². The maximum atomic E-state index is 12.4. The molecule has 1 aliphatic heterocycles. The molecule has 30 heavy (non-hydrogen) atoms. The van der Waals surface area contributed by atoms with Crippen molar-refractivity contribution in [2.24, 2.45) is 0 Å². The smallest absolute Gasteiger partial charge is 0.328 e. The van der Waals surface area contributed by atoms with Crippen LogP contribution in [0, 0.1) is 0 Å². The molecule has 4 nitrogen and oxygen atoms in total. The van der Waals surface area contributed by atoms with Crippen LogP contribution in [0.3, 0.4) is 0 Å². The molecule has 168 valence electrons. The number of cyclic esters (lactones) is 1. The Kier molecular flexibility index (Phi) is 11.6. The molecule has 0 bridgehead atoms. The van der Waals surface area contributed by atoms with Gasteiger partial charge in [-0.25, -0.2) is 4.79 Å². The van der Waals surface area contributed by atoms with Gasteiger partial charge < -0.3 is 10.1 Å². The highest BCUT2D eigenvalue weighted by Gasteiger charge is 2.28. The second-order valence-electron chi connectivity index (χ2n) is 8.71. The van der Waals surface area contributed by atoms with Gasteiger partial charge in [0.1, 0.15) is 6.04 Å². The Morgan fingerprint density at radius 2 is 1.50 bits per heavy atom. The van der Waals surface area contributed by atoms with Crippen molar-refractivity contribution in [3.63, 3.8) is 0 Å². The van der Waals surface area contributed by atoms with Crippen molar-refractivity contribution >= 4 is 11.9 Å². The first-order valence-electron chi connectivity index (χ1n) is 12.2. The summed E-state index contributed by atoms with van der Waals surface area (Å²) >= 11 is 0. The van der Waals surface area contributed by atoms with Crippen molar-refractivity contribution in [1.29, 1.82) is 0 Å². The number of hydrogen-bond acceptors (Lipinski definition) is 3. The fourth-order valence-corrected chi connectivity index (χ4v) is 4.24. The minimum Gasteiger partial charge on any atom is -0.464 e. The Bertz CT molecular complexity index is 626. The molecule has 0 saturated carbocycles. The van der Waals surface area contributed by atoms with Crippen LogP contribution in [-0.2, 0) is 9.53 Å². The molecule has 2 atom stereocenters. The molecule has 1 aliphatic rings. The summed E-state index contributed by atoms with van der Waals surface area (Å²) in [6, 6.07) is 7.54. The topological polar surface area (TPSA) is 55.4 Å². The summed E-state index contributed by atoms with van der Waals surface area (Å²) < 4.78 is 4.92. The molecule has 0 aromatic heterocycles. The van der Waals surface area contributed by atoms with E-state index in [1.54, 1.807) is 0 Å². The molecule has 1 unspecified atom stereocenters. The zero-order valence-corrected chi connectivity index (χ0v) is 19.1. The summed E-state index contributed by atoms with van der Waals surface area (Å²) in [6.07, 6.45) is 16.1. The average Bonchev–Trinajstić information content (AvgIpc) is 3.16. The summed E-state index contributed by atoms with van der Waals surface area (Å²) in [5.74, 6) is 0.0572. The third kappa shape index (κ3) is 8.49. The fraction of sp³-hybridized carbons (Fsp3) is 0.692. The molecule has 0 radical (unpaired) electrons. The SMILES string of the molecule is CCCCCCCCC(CCCCCC)c1ccc(C(=O)N[C@H]2CCOC2=O)cc1. The highest BCUT2D eigenvalue weighted by molar-refractivity contribution is 5.97. The van der Waals surface area contributed by atoms with Gasteiger partial charge in [-0.2, -0.15) is 0 Å². The Morgan fingerprint density at radius 1 is 0.933 bits per heavy atom. The number of benzene rings is 1. The van der Waals surface area contributed by atoms with Crippen molar-refractivity contribution in [2.45, 2.75) is 109 Å². The molecule has 1 aromatic rings. The average molecular weight is 416 g/mol. The maximum absolute atomic E-state index is 12.4. The summed E-state index contributed by atoms with van der Waals surface area (Å²) in [6.45, 7) is 4.90. The van der Waals surface area contributed by atoms with Gasteiger partial charge in [-0.05, 0) is 36.5 Å². The molecule has 1 fully saturated rings. The van der Waals surface area contributed by atoms with E-state index in [1.165, 1.54) is 82.6 Å². The summed E-state index contributed by atoms with van der Waals surface area (Å²) in [5, 5.41) is 2.79. The molecular weight excluding hydrogens is 374 g/mol. The zero-order valence-electron chi connectivity index (χ0n) is 19.1. The number of carbonyl (C=O) groups excluding carboxylic acids is 2. The second-order valence-corrected chi connectivity index (χ2v) is 8.71. The van der Waals surface area contributed by atoms with Crippen molar-refractivity contribution < 1.29 is 14.3 Å². The molecule has 4 heteroatoms. The third-order valence-corrected chi connectivity index (χ3v) is 6.20. The van der Waals surface area contributed by atoms with E-state index >= 15 is 0 Å². The first-order valence-corrected chi connectivity index (χ1v) is 12.2. The number of esters is 1. The molecule has 1 aromatic carbocycles. The van der Waals surface area contributed by atoms with Crippen LogP contribution in [0.5, 0.6) is 0 Å². The lowest BCUT2D eigenvalue weighted by molar-refractivity contribution is -0.139. The van der Waals surface area contributed by atoms with E-state index in [4.69, 9.17) is 4.74 Å². The van der Waals surface area contributed by atoms with Gasteiger partial charge in [0.05, 0.1) is 6.61 Å². The first kappa shape index (κ1) is 24.4. The minimum atomic E-state index is -0.504. The van der Waals surface area contributed by atoms with Crippen molar-refractivity contribution in [3.8, 4) is 0 Å². The molecule has 2 rings (SSSR count). The number of nitrogens with one attached hydrogen (secondary N) is 1. The van der Waals surface area contributed by atoms with Crippen molar-refractivity contribution in [3.05, 3.63) is 35.4 Å². The van der Waals surface area contributed by atoms with Gasteiger partial charge in [0.15, 0.2) is 0 Å². The molecule has 1 heterocycles. The number of unbranched alkanes of at least 4 members (excludes halogenated alkanes) is 8. The van der Waals surface area contributed by atoms with Gasteiger partial charge in [-0.15, -0.1) is 0 Å². The summed E-state index contributed by atoms with van der Waals surface area (Å²) in [5.41, 5.74) is 1.96. The minimum absolute atomic E-state index is 0.194. The Labute approximate surface area is 183 Å². The Morgan fingerprint density at radius 3 is 2.07 bits per heavy atom. The second kappa shape index (κ2) is 14.2. The number of amides is 1. The van der Waals surface area contributed by atoms with Crippen LogP contribution in [-0.4, -0.2) is 24.5 Å². The number of rotatable bonds is 15. The predicted octanol–water partition coefficient (Wildman–Crippen LogP) is 6.54. The Hall–Kier alpha value is -1.84. The quantitative estimate of drug-likeness (QED) is 0.261. The molecule has 1 N–H and O–H groups in total. The molecule has 0 spiro atoms. The Balaban J connectivity index is 1.89. The highest BCUT2D eigenvalue weighted by atomic mass is 16.5. The van der Waals surface area contributed by atoms with Crippen LogP contribution in [0.25, 0.3) is 0 Å². The van der Waals surface area contributed by atoms with E-state index < -0.39 is 6.04 Å². The van der Waals surface area contributed by atoms with Crippen LogP contribution in [0.15, 0.2) is 24.3 Å². The summed E-state index contributed by atoms with van der Waals surface area (Å²) in [7, 11) is 0. The fourth-order valence-electron chi connectivity index (χ4n) is 4.24. The normalized spacial score (nSPS) is 17.0. The predicted molar refractivity (Wildman–Crippen MR) is 123 cm³/mol. The largest absolute Gasteiger partial charge is 0.464 e. The number of ether oxygens (including phenoxy) is 1. The van der Waals surface area contributed by atoms with Crippen molar-refractivity contribution in [2.75, 3.05) is 6.61 Å². The third-order valence-electron chi connectivity index (χ3n) is 6.20. The van der Waals surface area contributed by atoms with Crippen LogP contribution >= 0.6 is 0 Å². The van der Waals surface area contributed by atoms with Gasteiger partial charge in [-0.3, -0.25) is 4.79 Å². The highest BCUT2D eigenvalue weighted by Crippen LogP contribution is 2.29. The maximum Gasteiger partial charge on any atom is 0.328 e. The van der Waals surface area contributed by atoms with Gasteiger partial charge >= 0.3 is 5.97 Å². The van der Waals surface area contributed by atoms with E-state index in [-0.39, 0.29) is 11.9 Å². The van der Waals surface area contributed by atoms with E-state index in [9.17, 15) is 9.59 Å². The van der Waals surface area contributed by atoms with E-state index in [0.29, 0.717) is 24.5 Å². The van der Waals surface area contributed by atoms with E-state index in [0.717, 1.165) is 0 Å². The molecular formula is C26H41NO3. The van der Waals surface area contributed by atoms with Crippen LogP contribution in [0.2, 0.25) is 0 Å². The van der Waals surface area contributed by atoms with Crippen LogP contribution in [0.1, 0.15) is 119 Å². The summed E-state index contributed by atoms with van der Waals surface area (Å²) in [4.78, 5) is 24.0. The lowest BCUT2D eigenvalue weighted by Gasteiger charge is -2.18. The first-order chi connectivity index (χ1) is 14.7. The van der Waals surface area contributed by atoms with E-state index in [2.05, 4.69) is 31.3 Å². The van der Waals surface area contributed by atoms with Gasteiger partial charge in [0.25, 0.3) is 5.91 Å². The lowest BCUT2D eigenvalue weighted by atomic mass is 9.87. The van der Waals surface area contributed by atoms with Gasteiger partial charge in [-0.1, -0.05) is 90.2 Å². The van der Waals surface area contributed by atoms with Crippen molar-refractivity contribution in [1.82, 2.24) is 5.32 Å².